The van der Waals surface area contributed by atoms with Crippen molar-refractivity contribution in [2.45, 2.75) is 32.4 Å². The molecule has 1 fully saturated rings. The average Bonchev–Trinajstić information content (AvgIpc) is 2.87. The number of rotatable bonds is 7. The molecule has 2 amide bonds. The number of hydrogen-bond acceptors (Lipinski definition) is 4. The first-order valence-corrected chi connectivity index (χ1v) is 7.48. The maximum Gasteiger partial charge on any atom is 0.410 e. The molecule has 0 bridgehead atoms. The fourth-order valence-electron chi connectivity index (χ4n) is 2.16. The average molecular weight is 306 g/mol. The van der Waals surface area contributed by atoms with Gasteiger partial charge in [-0.3, -0.25) is 4.79 Å². The molecule has 22 heavy (non-hydrogen) atoms. The van der Waals surface area contributed by atoms with Crippen LogP contribution in [0.15, 0.2) is 30.3 Å². The largest absolute Gasteiger partial charge is 0.493 e. The smallest absolute Gasteiger partial charge is 0.410 e. The van der Waals surface area contributed by atoms with E-state index in [9.17, 15) is 9.59 Å². The summed E-state index contributed by atoms with van der Waals surface area (Å²) in [6.07, 6.45) is -0.334. The van der Waals surface area contributed by atoms with Gasteiger partial charge in [-0.25, -0.2) is 4.79 Å². The van der Waals surface area contributed by atoms with Crippen molar-refractivity contribution < 1.29 is 19.1 Å². The van der Waals surface area contributed by atoms with E-state index in [1.54, 1.807) is 4.90 Å². The van der Waals surface area contributed by atoms with Crippen LogP contribution in [-0.2, 0) is 9.53 Å². The number of carbonyl (C=O) groups excluding carboxylic acids is 2. The van der Waals surface area contributed by atoms with Gasteiger partial charge in [0.15, 0.2) is 0 Å². The molecule has 6 heteroatoms. The minimum atomic E-state index is -0.318. The summed E-state index contributed by atoms with van der Waals surface area (Å²) in [6, 6.07) is 9.46. The van der Waals surface area contributed by atoms with E-state index in [4.69, 9.17) is 9.47 Å². The molecule has 0 aromatic heterocycles. The molecule has 1 N–H and O–H groups in total. The van der Waals surface area contributed by atoms with Crippen LogP contribution in [0, 0.1) is 0 Å². The van der Waals surface area contributed by atoms with Crippen molar-refractivity contribution >= 4 is 12.0 Å². The second-order valence-corrected chi connectivity index (χ2v) is 5.47. The Kier molecular flexibility index (Phi) is 5.63. The predicted octanol–water partition coefficient (Wildman–Crippen LogP) is 1.80. The van der Waals surface area contributed by atoms with E-state index >= 15 is 0 Å². The Balaban J connectivity index is 1.63. The Morgan fingerprint density at radius 1 is 1.41 bits per heavy atom. The lowest BCUT2D eigenvalue weighted by atomic mass is 10.3. The van der Waals surface area contributed by atoms with Crippen molar-refractivity contribution in [2.24, 2.45) is 0 Å². The van der Waals surface area contributed by atoms with Crippen LogP contribution in [0.3, 0.4) is 0 Å². The van der Waals surface area contributed by atoms with Crippen LogP contribution in [0.5, 0.6) is 5.75 Å². The molecular formula is C16H22N2O4. The van der Waals surface area contributed by atoms with Gasteiger partial charge in [-0.05, 0) is 26.0 Å². The van der Waals surface area contributed by atoms with Crippen LogP contribution in [0.1, 0.15) is 20.3 Å². The third kappa shape index (κ3) is 4.65. The van der Waals surface area contributed by atoms with E-state index < -0.39 is 0 Å². The molecule has 1 aliphatic heterocycles. The van der Waals surface area contributed by atoms with Gasteiger partial charge in [0.05, 0.1) is 26.1 Å². The molecule has 1 aromatic carbocycles. The van der Waals surface area contributed by atoms with E-state index in [1.165, 1.54) is 0 Å². The SMILES string of the molecule is CC(C)N1CC(CNC(=O)CCOc2ccccc2)OC1=O. The van der Waals surface area contributed by atoms with Gasteiger partial charge in [0.25, 0.3) is 0 Å². The number of ether oxygens (including phenoxy) is 2. The first-order chi connectivity index (χ1) is 10.6. The molecule has 6 nitrogen and oxygen atoms in total. The van der Waals surface area contributed by atoms with Gasteiger partial charge in [-0.15, -0.1) is 0 Å². The molecule has 2 rings (SSSR count). The topological polar surface area (TPSA) is 67.9 Å². The van der Waals surface area contributed by atoms with Crippen LogP contribution in [-0.4, -0.2) is 48.7 Å². The van der Waals surface area contributed by atoms with Crippen LogP contribution in [0.2, 0.25) is 0 Å². The molecule has 1 aromatic rings. The summed E-state index contributed by atoms with van der Waals surface area (Å²) in [5.41, 5.74) is 0. The molecule has 0 spiro atoms. The summed E-state index contributed by atoms with van der Waals surface area (Å²) in [7, 11) is 0. The molecular weight excluding hydrogens is 284 g/mol. The molecule has 0 aliphatic carbocycles. The molecule has 1 saturated heterocycles. The minimum Gasteiger partial charge on any atom is -0.493 e. The van der Waals surface area contributed by atoms with Crippen LogP contribution in [0.4, 0.5) is 4.79 Å². The Labute approximate surface area is 130 Å². The van der Waals surface area contributed by atoms with Gasteiger partial charge in [-0.1, -0.05) is 18.2 Å². The number of cyclic esters (lactones) is 1. The lowest BCUT2D eigenvalue weighted by Gasteiger charge is -2.16. The Bertz CT molecular complexity index is 504. The van der Waals surface area contributed by atoms with Gasteiger partial charge >= 0.3 is 6.09 Å². The fraction of sp³-hybridized carbons (Fsp3) is 0.500. The second-order valence-electron chi connectivity index (χ2n) is 5.47. The maximum atomic E-state index is 11.7. The summed E-state index contributed by atoms with van der Waals surface area (Å²) >= 11 is 0. The third-order valence-corrected chi connectivity index (χ3v) is 3.39. The highest BCUT2D eigenvalue weighted by Gasteiger charge is 2.32. The zero-order chi connectivity index (χ0) is 15.9. The molecule has 120 valence electrons. The monoisotopic (exact) mass is 306 g/mol. The van der Waals surface area contributed by atoms with Gasteiger partial charge in [0.1, 0.15) is 11.9 Å². The summed E-state index contributed by atoms with van der Waals surface area (Å²) < 4.78 is 10.7. The predicted molar refractivity (Wildman–Crippen MR) is 81.7 cm³/mol. The second kappa shape index (κ2) is 7.68. The van der Waals surface area contributed by atoms with Gasteiger partial charge in [0.2, 0.25) is 5.91 Å². The summed E-state index contributed by atoms with van der Waals surface area (Å²) in [5, 5.41) is 2.77. The number of para-hydroxylation sites is 1. The van der Waals surface area contributed by atoms with E-state index in [0.717, 1.165) is 5.75 Å². The van der Waals surface area contributed by atoms with Gasteiger partial charge in [-0.2, -0.15) is 0 Å². The maximum absolute atomic E-state index is 11.7. The standard InChI is InChI=1S/C16H22N2O4/c1-12(2)18-11-14(22-16(18)20)10-17-15(19)8-9-21-13-6-4-3-5-7-13/h3-7,12,14H,8-11H2,1-2H3,(H,17,19). The first-order valence-electron chi connectivity index (χ1n) is 7.48. The van der Waals surface area contributed by atoms with Gasteiger partial charge < -0.3 is 19.7 Å². The van der Waals surface area contributed by atoms with Crippen molar-refractivity contribution in [3.05, 3.63) is 30.3 Å². The number of amides is 2. The Morgan fingerprint density at radius 2 is 2.14 bits per heavy atom. The highest BCUT2D eigenvalue weighted by molar-refractivity contribution is 5.76. The van der Waals surface area contributed by atoms with E-state index in [2.05, 4.69) is 5.32 Å². The normalized spacial score (nSPS) is 17.5. The highest BCUT2D eigenvalue weighted by Crippen LogP contribution is 2.13. The van der Waals surface area contributed by atoms with E-state index in [1.807, 2.05) is 44.2 Å². The Hall–Kier alpha value is -2.24. The van der Waals surface area contributed by atoms with E-state index in [0.29, 0.717) is 19.7 Å². The summed E-state index contributed by atoms with van der Waals surface area (Å²) in [4.78, 5) is 25.0. The number of benzene rings is 1. The number of carbonyl (C=O) groups is 2. The summed E-state index contributed by atoms with van der Waals surface area (Å²) in [5.74, 6) is 0.627. The number of hydrogen-bond donors (Lipinski definition) is 1. The fourth-order valence-corrected chi connectivity index (χ4v) is 2.16. The molecule has 1 atom stereocenters. The molecule has 0 radical (unpaired) electrons. The van der Waals surface area contributed by atoms with Gasteiger partial charge in [0, 0.05) is 6.04 Å². The van der Waals surface area contributed by atoms with E-state index in [-0.39, 0.29) is 30.6 Å². The zero-order valence-electron chi connectivity index (χ0n) is 13.0. The van der Waals surface area contributed by atoms with Crippen LogP contribution < -0.4 is 10.1 Å². The van der Waals surface area contributed by atoms with Crippen molar-refractivity contribution in [2.75, 3.05) is 19.7 Å². The van der Waals surface area contributed by atoms with Crippen LogP contribution >= 0.6 is 0 Å². The number of nitrogens with one attached hydrogen (secondary N) is 1. The highest BCUT2D eigenvalue weighted by atomic mass is 16.6. The third-order valence-electron chi connectivity index (χ3n) is 3.39. The van der Waals surface area contributed by atoms with Crippen molar-refractivity contribution in [3.63, 3.8) is 0 Å². The quantitative estimate of drug-likeness (QED) is 0.834. The lowest BCUT2D eigenvalue weighted by Crippen LogP contribution is -2.36. The van der Waals surface area contributed by atoms with Crippen molar-refractivity contribution in [1.82, 2.24) is 10.2 Å². The molecule has 1 aliphatic rings. The first kappa shape index (κ1) is 16.1. The van der Waals surface area contributed by atoms with Crippen molar-refractivity contribution in [3.8, 4) is 5.75 Å². The number of nitrogens with zero attached hydrogens (tertiary/aromatic N) is 1. The molecule has 1 unspecified atom stereocenters. The van der Waals surface area contributed by atoms with Crippen molar-refractivity contribution in [1.29, 1.82) is 0 Å². The zero-order valence-corrected chi connectivity index (χ0v) is 13.0. The minimum absolute atomic E-state index is 0.104. The molecule has 1 heterocycles. The summed E-state index contributed by atoms with van der Waals surface area (Å²) in [6.45, 7) is 5.03. The Morgan fingerprint density at radius 3 is 2.77 bits per heavy atom. The molecule has 0 saturated carbocycles. The lowest BCUT2D eigenvalue weighted by molar-refractivity contribution is -0.121. The van der Waals surface area contributed by atoms with Crippen LogP contribution in [0.25, 0.3) is 0 Å².